The van der Waals surface area contributed by atoms with Gasteiger partial charge in [0, 0.05) is 11.6 Å². The predicted octanol–water partition coefficient (Wildman–Crippen LogP) is 1.96. The number of allylic oxidation sites excluding steroid dienone is 1. The third-order valence-corrected chi connectivity index (χ3v) is 1.34. The van der Waals surface area contributed by atoms with Gasteiger partial charge in [0.25, 0.3) is 0 Å². The predicted molar refractivity (Wildman–Crippen MR) is 40.9 cm³/mol. The van der Waals surface area contributed by atoms with Crippen molar-refractivity contribution in [3.8, 4) is 0 Å². The van der Waals surface area contributed by atoms with Gasteiger partial charge < -0.3 is 10.1 Å². The smallest absolute Gasteiger partial charge is 0.189 e. The van der Waals surface area contributed by atoms with E-state index in [1.54, 1.807) is 0 Å². The molecule has 0 amide bonds. The van der Waals surface area contributed by atoms with Gasteiger partial charge in [-0.25, -0.2) is 0 Å². The highest BCUT2D eigenvalue weighted by Gasteiger charge is 2.22. The molecule has 0 fully saturated rings. The molecule has 10 heavy (non-hydrogen) atoms. The molecule has 0 bridgehead atoms. The van der Waals surface area contributed by atoms with E-state index in [-0.39, 0.29) is 5.41 Å². The third-order valence-electron chi connectivity index (χ3n) is 1.34. The topological polar surface area (TPSA) is 21.3 Å². The van der Waals surface area contributed by atoms with E-state index >= 15 is 0 Å². The van der Waals surface area contributed by atoms with Crippen LogP contribution in [0.3, 0.4) is 0 Å². The van der Waals surface area contributed by atoms with Crippen LogP contribution in [0.1, 0.15) is 20.8 Å². The molecule has 1 aliphatic rings. The van der Waals surface area contributed by atoms with E-state index in [0.29, 0.717) is 5.88 Å². The molecule has 1 heterocycles. The Bertz CT molecular complexity index is 186. The monoisotopic (exact) mass is 139 g/mol. The lowest BCUT2D eigenvalue weighted by Gasteiger charge is -2.17. The average molecular weight is 139 g/mol. The molecule has 1 N–H and O–H groups in total. The van der Waals surface area contributed by atoms with Crippen LogP contribution in [0.5, 0.6) is 0 Å². The van der Waals surface area contributed by atoms with Crippen molar-refractivity contribution in [3.63, 3.8) is 0 Å². The normalized spacial score (nSPS) is 17.9. The number of ether oxygens (including phenoxy) is 1. The largest absolute Gasteiger partial charge is 0.444 e. The highest BCUT2D eigenvalue weighted by molar-refractivity contribution is 5.12. The maximum absolute atomic E-state index is 5.28. The first-order chi connectivity index (χ1) is 4.50. The van der Waals surface area contributed by atoms with Crippen LogP contribution in [-0.2, 0) is 4.74 Å². The zero-order valence-electron chi connectivity index (χ0n) is 6.69. The first-order valence-electron chi connectivity index (χ1n) is 3.34. The number of rotatable bonds is 0. The second kappa shape index (κ2) is 2.04. The molecule has 0 aliphatic carbocycles. The fourth-order valence-electron chi connectivity index (χ4n) is 0.707. The van der Waals surface area contributed by atoms with Gasteiger partial charge in [-0.3, -0.25) is 0 Å². The van der Waals surface area contributed by atoms with Crippen LogP contribution >= 0.6 is 0 Å². The second-order valence-corrected chi connectivity index (χ2v) is 3.43. The standard InChI is InChI=1S/C8H13NO/c1-6-9-5-7(10-6)8(2,3)4/h5,9H,1H2,2-4H3. The van der Waals surface area contributed by atoms with Crippen molar-refractivity contribution in [2.75, 3.05) is 0 Å². The maximum Gasteiger partial charge on any atom is 0.189 e. The molecule has 1 rings (SSSR count). The van der Waals surface area contributed by atoms with Gasteiger partial charge in [0.1, 0.15) is 5.76 Å². The van der Waals surface area contributed by atoms with E-state index in [4.69, 9.17) is 4.74 Å². The summed E-state index contributed by atoms with van der Waals surface area (Å²) in [6, 6.07) is 0. The Morgan fingerprint density at radius 1 is 1.50 bits per heavy atom. The second-order valence-electron chi connectivity index (χ2n) is 3.43. The Hall–Kier alpha value is -0.920. The summed E-state index contributed by atoms with van der Waals surface area (Å²) in [5.74, 6) is 1.56. The molecule has 0 unspecified atom stereocenters. The highest BCUT2D eigenvalue weighted by Crippen LogP contribution is 2.29. The fourth-order valence-corrected chi connectivity index (χ4v) is 0.707. The summed E-state index contributed by atoms with van der Waals surface area (Å²) in [6.07, 6.45) is 1.85. The van der Waals surface area contributed by atoms with Crippen LogP contribution < -0.4 is 5.32 Å². The van der Waals surface area contributed by atoms with Crippen LogP contribution in [0, 0.1) is 5.41 Å². The summed E-state index contributed by atoms with van der Waals surface area (Å²) >= 11 is 0. The van der Waals surface area contributed by atoms with Crippen LogP contribution in [0.15, 0.2) is 24.4 Å². The Morgan fingerprint density at radius 2 is 2.10 bits per heavy atom. The van der Waals surface area contributed by atoms with Crippen LogP contribution in [0.25, 0.3) is 0 Å². The summed E-state index contributed by atoms with van der Waals surface area (Å²) in [4.78, 5) is 0. The van der Waals surface area contributed by atoms with Gasteiger partial charge in [0.15, 0.2) is 5.88 Å². The van der Waals surface area contributed by atoms with Crippen LogP contribution in [-0.4, -0.2) is 0 Å². The van der Waals surface area contributed by atoms with Gasteiger partial charge in [-0.2, -0.15) is 0 Å². The van der Waals surface area contributed by atoms with E-state index in [0.717, 1.165) is 5.76 Å². The Labute approximate surface area is 61.6 Å². The van der Waals surface area contributed by atoms with Crippen LogP contribution in [0.2, 0.25) is 0 Å². The highest BCUT2D eigenvalue weighted by atomic mass is 16.5. The summed E-state index contributed by atoms with van der Waals surface area (Å²) in [5, 5.41) is 2.90. The van der Waals surface area contributed by atoms with Gasteiger partial charge in [-0.1, -0.05) is 20.8 Å². The summed E-state index contributed by atoms with van der Waals surface area (Å²) in [5.41, 5.74) is 0.0758. The van der Waals surface area contributed by atoms with Gasteiger partial charge in [-0.05, 0) is 6.58 Å². The molecule has 0 radical (unpaired) electrons. The lowest BCUT2D eigenvalue weighted by Crippen LogP contribution is -2.08. The van der Waals surface area contributed by atoms with Crippen molar-refractivity contribution < 1.29 is 4.74 Å². The minimum absolute atomic E-state index is 0.0758. The zero-order valence-corrected chi connectivity index (χ0v) is 6.69. The van der Waals surface area contributed by atoms with E-state index in [1.165, 1.54) is 0 Å². The molecule has 0 saturated carbocycles. The molecule has 0 saturated heterocycles. The molecular weight excluding hydrogens is 126 g/mol. The third kappa shape index (κ3) is 1.32. The molecule has 0 aromatic rings. The number of hydrogen-bond donors (Lipinski definition) is 1. The molecule has 0 aromatic heterocycles. The molecular formula is C8H13NO. The van der Waals surface area contributed by atoms with Crippen molar-refractivity contribution in [2.24, 2.45) is 5.41 Å². The Kier molecular flexibility index (Phi) is 1.47. The zero-order chi connectivity index (χ0) is 7.78. The molecule has 0 aromatic carbocycles. The minimum atomic E-state index is 0.0758. The van der Waals surface area contributed by atoms with Crippen molar-refractivity contribution >= 4 is 0 Å². The molecule has 1 aliphatic heterocycles. The molecule has 2 nitrogen and oxygen atoms in total. The van der Waals surface area contributed by atoms with Crippen molar-refractivity contribution in [1.82, 2.24) is 5.32 Å². The van der Waals surface area contributed by atoms with Gasteiger partial charge >= 0.3 is 0 Å². The molecule has 0 atom stereocenters. The molecule has 0 spiro atoms. The Morgan fingerprint density at radius 3 is 2.30 bits per heavy atom. The number of nitrogens with one attached hydrogen (secondary N) is 1. The lowest BCUT2D eigenvalue weighted by molar-refractivity contribution is 0.231. The maximum atomic E-state index is 5.28. The quantitative estimate of drug-likeness (QED) is 0.554. The van der Waals surface area contributed by atoms with Gasteiger partial charge in [0.05, 0.1) is 0 Å². The van der Waals surface area contributed by atoms with E-state index < -0.39 is 0 Å². The van der Waals surface area contributed by atoms with Gasteiger partial charge in [0.2, 0.25) is 0 Å². The minimum Gasteiger partial charge on any atom is -0.444 e. The lowest BCUT2D eigenvalue weighted by atomic mass is 9.95. The number of hydrogen-bond acceptors (Lipinski definition) is 2. The fraction of sp³-hybridized carbons (Fsp3) is 0.500. The van der Waals surface area contributed by atoms with Gasteiger partial charge in [-0.15, -0.1) is 0 Å². The van der Waals surface area contributed by atoms with Crippen LogP contribution in [0.4, 0.5) is 0 Å². The molecule has 2 heteroatoms. The van der Waals surface area contributed by atoms with Crippen molar-refractivity contribution in [2.45, 2.75) is 20.8 Å². The van der Waals surface area contributed by atoms with E-state index in [9.17, 15) is 0 Å². The Balaban J connectivity index is 2.69. The first kappa shape index (κ1) is 7.19. The summed E-state index contributed by atoms with van der Waals surface area (Å²) in [6.45, 7) is 9.92. The summed E-state index contributed by atoms with van der Waals surface area (Å²) < 4.78 is 5.28. The van der Waals surface area contributed by atoms with E-state index in [2.05, 4.69) is 32.7 Å². The van der Waals surface area contributed by atoms with E-state index in [1.807, 2.05) is 6.20 Å². The first-order valence-corrected chi connectivity index (χ1v) is 3.34. The van der Waals surface area contributed by atoms with Crippen molar-refractivity contribution in [3.05, 3.63) is 24.4 Å². The molecule has 56 valence electrons. The average Bonchev–Trinajstić information content (AvgIpc) is 2.11. The SMILES string of the molecule is C=C1NC=C(C(C)(C)C)O1. The van der Waals surface area contributed by atoms with Crippen molar-refractivity contribution in [1.29, 1.82) is 0 Å². The summed E-state index contributed by atoms with van der Waals surface area (Å²) in [7, 11) is 0.